The molecule has 3 heterocycles. The van der Waals surface area contributed by atoms with Crippen LogP contribution < -0.4 is 10.1 Å². The number of nitrogens with one attached hydrogen (secondary N) is 1. The van der Waals surface area contributed by atoms with Crippen LogP contribution in [0.2, 0.25) is 0 Å². The van der Waals surface area contributed by atoms with Crippen molar-refractivity contribution in [3.8, 4) is 5.75 Å². The first-order chi connectivity index (χ1) is 14.1. The highest BCUT2D eigenvalue weighted by Gasteiger charge is 2.38. The molecule has 1 aromatic heterocycles. The summed E-state index contributed by atoms with van der Waals surface area (Å²) in [4.78, 5) is 29.7. The van der Waals surface area contributed by atoms with E-state index in [1.54, 1.807) is 23.9 Å². The molecule has 1 aromatic carbocycles. The molecule has 0 bridgehead atoms. The third kappa shape index (κ3) is 4.44. The predicted molar refractivity (Wildman–Crippen MR) is 115 cm³/mol. The third-order valence-corrected chi connectivity index (χ3v) is 5.88. The summed E-state index contributed by atoms with van der Waals surface area (Å²) < 4.78 is 6.99. The lowest BCUT2D eigenvalue weighted by Crippen LogP contribution is -2.52. The van der Waals surface area contributed by atoms with Gasteiger partial charge in [-0.25, -0.2) is 0 Å². The molecule has 2 saturated heterocycles. The van der Waals surface area contributed by atoms with Crippen LogP contribution in [-0.2, 0) is 11.8 Å². The molecule has 2 amide bonds. The molecule has 0 radical (unpaired) electrons. The van der Waals surface area contributed by atoms with Crippen LogP contribution in [0.1, 0.15) is 21.8 Å². The Labute approximate surface area is 182 Å². The molecule has 1 N–H and O–H groups in total. The molecule has 0 unspecified atom stereocenters. The summed E-state index contributed by atoms with van der Waals surface area (Å²) in [5, 5.41) is 7.60. The summed E-state index contributed by atoms with van der Waals surface area (Å²) in [6.45, 7) is 3.67. The molecule has 162 valence electrons. The zero-order valence-corrected chi connectivity index (χ0v) is 18.1. The summed E-state index contributed by atoms with van der Waals surface area (Å²) in [5.41, 5.74) is 1.71. The number of aromatic nitrogens is 2. The lowest BCUT2D eigenvalue weighted by molar-refractivity contribution is -0.136. The van der Waals surface area contributed by atoms with Gasteiger partial charge in [0.05, 0.1) is 19.2 Å². The van der Waals surface area contributed by atoms with E-state index in [0.29, 0.717) is 44.0 Å². The minimum atomic E-state index is -0.0835. The van der Waals surface area contributed by atoms with Gasteiger partial charge in [0, 0.05) is 64.0 Å². The lowest BCUT2D eigenvalue weighted by atomic mass is 9.89. The quantitative estimate of drug-likeness (QED) is 0.782. The molecular formula is C21H28ClN5O3. The van der Waals surface area contributed by atoms with Gasteiger partial charge in [0.15, 0.2) is 0 Å². The van der Waals surface area contributed by atoms with Gasteiger partial charge in [-0.3, -0.25) is 14.3 Å². The number of carbonyl (C=O) groups is 2. The number of amides is 2. The van der Waals surface area contributed by atoms with Gasteiger partial charge in [0.25, 0.3) is 5.91 Å². The van der Waals surface area contributed by atoms with E-state index >= 15 is 0 Å². The molecule has 9 heteroatoms. The van der Waals surface area contributed by atoms with Crippen LogP contribution in [0.15, 0.2) is 36.7 Å². The second-order valence-corrected chi connectivity index (χ2v) is 7.67. The Kier molecular flexibility index (Phi) is 6.99. The molecule has 0 aliphatic carbocycles. The molecule has 30 heavy (non-hydrogen) atoms. The van der Waals surface area contributed by atoms with Crippen LogP contribution in [0.4, 0.5) is 0 Å². The summed E-state index contributed by atoms with van der Waals surface area (Å²) in [5.74, 6) is 0.872. The van der Waals surface area contributed by atoms with Crippen LogP contribution in [0.25, 0.3) is 0 Å². The molecule has 2 aliphatic heterocycles. The Hall–Kier alpha value is -2.58. The second-order valence-electron chi connectivity index (χ2n) is 7.67. The SMILES string of the molecule is COc1cccc(C(=O)N2CCN(C(=O)[C@H]3CNC[C@@H]3c3cnn(C)c3)CC2)c1.Cl. The van der Waals surface area contributed by atoms with Crippen LogP contribution in [-0.4, -0.2) is 77.8 Å². The zero-order valence-electron chi connectivity index (χ0n) is 17.3. The third-order valence-electron chi connectivity index (χ3n) is 5.88. The normalized spacial score (nSPS) is 21.3. The van der Waals surface area contributed by atoms with Crippen molar-refractivity contribution in [1.82, 2.24) is 24.9 Å². The highest BCUT2D eigenvalue weighted by atomic mass is 35.5. The molecule has 0 spiro atoms. The number of rotatable bonds is 4. The topological polar surface area (TPSA) is 79.7 Å². The van der Waals surface area contributed by atoms with Gasteiger partial charge in [-0.2, -0.15) is 5.10 Å². The molecule has 4 rings (SSSR count). The molecule has 2 atom stereocenters. The van der Waals surface area contributed by atoms with Crippen molar-refractivity contribution in [3.63, 3.8) is 0 Å². The Morgan fingerprint density at radius 3 is 2.53 bits per heavy atom. The lowest BCUT2D eigenvalue weighted by Gasteiger charge is -2.36. The van der Waals surface area contributed by atoms with Gasteiger partial charge in [0.1, 0.15) is 5.75 Å². The Morgan fingerprint density at radius 2 is 1.87 bits per heavy atom. The Balaban J connectivity index is 0.00000256. The average molecular weight is 434 g/mol. The molecular weight excluding hydrogens is 406 g/mol. The smallest absolute Gasteiger partial charge is 0.254 e. The fourth-order valence-corrected chi connectivity index (χ4v) is 4.22. The molecule has 0 saturated carbocycles. The average Bonchev–Trinajstić information content (AvgIpc) is 3.41. The molecule has 8 nitrogen and oxygen atoms in total. The maximum absolute atomic E-state index is 13.2. The highest BCUT2D eigenvalue weighted by Crippen LogP contribution is 2.29. The van der Waals surface area contributed by atoms with Crippen molar-refractivity contribution < 1.29 is 14.3 Å². The summed E-state index contributed by atoms with van der Waals surface area (Å²) in [6, 6.07) is 7.19. The van der Waals surface area contributed by atoms with Gasteiger partial charge in [0.2, 0.25) is 5.91 Å². The number of halogens is 1. The summed E-state index contributed by atoms with van der Waals surface area (Å²) in [7, 11) is 3.48. The molecule has 2 aliphatic rings. The Bertz CT molecular complexity index is 894. The van der Waals surface area contributed by atoms with Crippen molar-refractivity contribution >= 4 is 24.2 Å². The number of methoxy groups -OCH3 is 1. The second kappa shape index (κ2) is 9.49. The maximum atomic E-state index is 13.2. The highest BCUT2D eigenvalue weighted by molar-refractivity contribution is 5.94. The van der Waals surface area contributed by atoms with E-state index in [4.69, 9.17) is 4.74 Å². The fraction of sp³-hybridized carbons (Fsp3) is 0.476. The van der Waals surface area contributed by atoms with E-state index in [2.05, 4.69) is 10.4 Å². The van der Waals surface area contributed by atoms with Crippen LogP contribution >= 0.6 is 12.4 Å². The first-order valence-electron chi connectivity index (χ1n) is 9.98. The van der Waals surface area contributed by atoms with E-state index in [9.17, 15) is 9.59 Å². The van der Waals surface area contributed by atoms with Gasteiger partial charge < -0.3 is 19.9 Å². The molecule has 2 fully saturated rings. The van der Waals surface area contributed by atoms with Gasteiger partial charge in [-0.05, 0) is 23.8 Å². The Morgan fingerprint density at radius 1 is 1.13 bits per heavy atom. The van der Waals surface area contributed by atoms with Crippen LogP contribution in [0.5, 0.6) is 5.75 Å². The standard InChI is InChI=1S/C21H27N5O3.ClH/c1-24-14-16(11-23-24)18-12-22-13-19(18)21(28)26-8-6-25(7-9-26)20(27)15-4-3-5-17(10-15)29-2;/h3-5,10-11,14,18-19,22H,6-9,12-13H2,1-2H3;1H/t18-,19+;/m1./s1. The van der Waals surface area contributed by atoms with Crippen LogP contribution in [0, 0.1) is 5.92 Å². The number of carbonyl (C=O) groups excluding carboxylic acids is 2. The molecule has 2 aromatic rings. The predicted octanol–water partition coefficient (Wildman–Crippen LogP) is 1.14. The zero-order chi connectivity index (χ0) is 20.4. The van der Waals surface area contributed by atoms with Crippen molar-refractivity contribution in [2.45, 2.75) is 5.92 Å². The number of ether oxygens (including phenoxy) is 1. The van der Waals surface area contributed by atoms with E-state index in [1.807, 2.05) is 41.4 Å². The van der Waals surface area contributed by atoms with Crippen molar-refractivity contribution in [1.29, 1.82) is 0 Å². The number of nitrogens with zero attached hydrogens (tertiary/aromatic N) is 4. The van der Waals surface area contributed by atoms with Crippen LogP contribution in [0.3, 0.4) is 0 Å². The van der Waals surface area contributed by atoms with Crippen molar-refractivity contribution in [2.75, 3.05) is 46.4 Å². The largest absolute Gasteiger partial charge is 0.497 e. The van der Waals surface area contributed by atoms with Gasteiger partial charge in [-0.15, -0.1) is 12.4 Å². The van der Waals surface area contributed by atoms with Gasteiger partial charge in [-0.1, -0.05) is 6.07 Å². The van der Waals surface area contributed by atoms with E-state index in [-0.39, 0.29) is 36.1 Å². The van der Waals surface area contributed by atoms with Gasteiger partial charge >= 0.3 is 0 Å². The first kappa shape index (κ1) is 22.1. The minimum Gasteiger partial charge on any atom is -0.497 e. The van der Waals surface area contributed by atoms with Crippen molar-refractivity contribution in [3.05, 3.63) is 47.8 Å². The first-order valence-corrected chi connectivity index (χ1v) is 9.98. The van der Waals surface area contributed by atoms with E-state index in [1.165, 1.54) is 0 Å². The van der Waals surface area contributed by atoms with Crippen molar-refractivity contribution in [2.24, 2.45) is 13.0 Å². The number of benzene rings is 1. The summed E-state index contributed by atoms with van der Waals surface area (Å²) in [6.07, 6.45) is 3.84. The maximum Gasteiger partial charge on any atom is 0.254 e. The van der Waals surface area contributed by atoms with E-state index in [0.717, 1.165) is 12.1 Å². The number of hydrogen-bond donors (Lipinski definition) is 1. The minimum absolute atomic E-state index is 0. The monoisotopic (exact) mass is 433 g/mol. The summed E-state index contributed by atoms with van der Waals surface area (Å²) >= 11 is 0. The number of hydrogen-bond acceptors (Lipinski definition) is 5. The van der Waals surface area contributed by atoms with E-state index < -0.39 is 0 Å². The fourth-order valence-electron chi connectivity index (χ4n) is 4.22. The number of aryl methyl sites for hydroxylation is 1. The number of piperazine rings is 1.